The van der Waals surface area contributed by atoms with Crippen molar-refractivity contribution in [2.45, 2.75) is 52.5 Å². The molecule has 3 heterocycles. The van der Waals surface area contributed by atoms with Gasteiger partial charge in [0.2, 0.25) is 0 Å². The number of carbonyl (C=O) groups excluding carboxylic acids is 1. The van der Waals surface area contributed by atoms with Gasteiger partial charge in [-0.25, -0.2) is 0 Å². The van der Waals surface area contributed by atoms with E-state index in [0.29, 0.717) is 30.8 Å². The lowest BCUT2D eigenvalue weighted by atomic mass is 9.99. The second kappa shape index (κ2) is 7.03. The number of amides is 1. The summed E-state index contributed by atoms with van der Waals surface area (Å²) in [4.78, 5) is 16.7. The number of aromatic nitrogens is 3. The summed E-state index contributed by atoms with van der Waals surface area (Å²) >= 11 is 0. The summed E-state index contributed by atoms with van der Waals surface area (Å²) in [5.74, 6) is -0.216. The Kier molecular flexibility index (Phi) is 4.81. The predicted molar refractivity (Wildman–Crippen MR) is 90.7 cm³/mol. The smallest absolute Gasteiger partial charge is 0.272 e. The second-order valence-corrected chi connectivity index (χ2v) is 6.20. The van der Waals surface area contributed by atoms with Crippen molar-refractivity contribution in [2.75, 3.05) is 0 Å². The number of pyridine rings is 1. The Morgan fingerprint density at radius 2 is 2.28 bits per heavy atom. The maximum Gasteiger partial charge on any atom is 0.272 e. The number of carbonyl (C=O) groups is 1. The summed E-state index contributed by atoms with van der Waals surface area (Å²) in [7, 11) is 0. The minimum absolute atomic E-state index is 0.0556. The molecule has 0 aliphatic carbocycles. The Labute approximate surface area is 146 Å². The normalized spacial score (nSPS) is 19.1. The molecule has 1 N–H and O–H groups in total. The van der Waals surface area contributed by atoms with Crippen molar-refractivity contribution in [2.24, 2.45) is 0 Å². The van der Waals surface area contributed by atoms with Gasteiger partial charge in [0.05, 0.1) is 23.5 Å². The van der Waals surface area contributed by atoms with E-state index in [2.05, 4.69) is 15.4 Å². The Hall–Kier alpha value is -2.72. The Balaban J connectivity index is 1.82. The highest BCUT2D eigenvalue weighted by Gasteiger charge is 2.31. The molecule has 2 atom stereocenters. The van der Waals surface area contributed by atoms with E-state index >= 15 is 0 Å². The molecule has 0 bridgehead atoms. The molecule has 25 heavy (non-hydrogen) atoms. The minimum Gasteiger partial charge on any atom is -0.369 e. The van der Waals surface area contributed by atoms with Gasteiger partial charge in [-0.15, -0.1) is 0 Å². The first-order chi connectivity index (χ1) is 12.0. The number of hydrogen-bond donors (Lipinski definition) is 1. The van der Waals surface area contributed by atoms with Gasteiger partial charge in [0.15, 0.2) is 5.69 Å². The lowest BCUT2D eigenvalue weighted by molar-refractivity contribution is -0.00948. The van der Waals surface area contributed by atoms with Gasteiger partial charge in [0.1, 0.15) is 6.07 Å². The first kappa shape index (κ1) is 17.1. The molecule has 0 saturated heterocycles. The monoisotopic (exact) mass is 339 g/mol. The molecule has 2 aromatic heterocycles. The zero-order valence-corrected chi connectivity index (χ0v) is 14.6. The second-order valence-electron chi connectivity index (χ2n) is 6.20. The van der Waals surface area contributed by atoms with Gasteiger partial charge in [-0.1, -0.05) is 0 Å². The number of hydrogen-bond acceptors (Lipinski definition) is 5. The zero-order valence-electron chi connectivity index (χ0n) is 14.6. The number of aryl methyl sites for hydroxylation is 1. The van der Waals surface area contributed by atoms with Crippen LogP contribution in [0.5, 0.6) is 0 Å². The summed E-state index contributed by atoms with van der Waals surface area (Å²) in [5, 5.41) is 16.3. The van der Waals surface area contributed by atoms with Gasteiger partial charge in [-0.05, 0) is 32.4 Å². The van der Waals surface area contributed by atoms with E-state index in [1.165, 1.54) is 6.20 Å². The zero-order chi connectivity index (χ0) is 18.0. The highest BCUT2D eigenvalue weighted by molar-refractivity contribution is 5.94. The Morgan fingerprint density at radius 1 is 1.48 bits per heavy atom. The van der Waals surface area contributed by atoms with Crippen molar-refractivity contribution in [1.82, 2.24) is 20.1 Å². The van der Waals surface area contributed by atoms with E-state index in [4.69, 9.17) is 10.00 Å². The van der Waals surface area contributed by atoms with Crippen molar-refractivity contribution < 1.29 is 9.53 Å². The largest absolute Gasteiger partial charge is 0.369 e. The number of nitriles is 1. The molecular formula is C18H21N5O2. The van der Waals surface area contributed by atoms with E-state index in [1.54, 1.807) is 12.3 Å². The van der Waals surface area contributed by atoms with E-state index in [-0.39, 0.29) is 18.1 Å². The molecule has 3 rings (SSSR count). The third-order valence-electron chi connectivity index (χ3n) is 4.30. The minimum atomic E-state index is -0.216. The molecule has 1 amide bonds. The molecule has 7 heteroatoms. The quantitative estimate of drug-likeness (QED) is 0.921. The van der Waals surface area contributed by atoms with Crippen molar-refractivity contribution in [3.05, 3.63) is 46.5 Å². The topological polar surface area (TPSA) is 92.8 Å². The predicted octanol–water partition coefficient (Wildman–Crippen LogP) is 2.12. The average molecular weight is 339 g/mol. The van der Waals surface area contributed by atoms with E-state index in [9.17, 15) is 4.79 Å². The fourth-order valence-electron chi connectivity index (χ4n) is 3.25. The summed E-state index contributed by atoms with van der Waals surface area (Å²) in [6, 6.07) is 3.76. The molecule has 2 aromatic rings. The first-order valence-corrected chi connectivity index (χ1v) is 8.40. The molecule has 1 aliphatic heterocycles. The number of rotatable bonds is 4. The van der Waals surface area contributed by atoms with E-state index in [1.807, 2.05) is 31.5 Å². The Morgan fingerprint density at radius 3 is 3.00 bits per heavy atom. The third-order valence-corrected chi connectivity index (χ3v) is 4.30. The van der Waals surface area contributed by atoms with Crippen LogP contribution in [0.1, 0.15) is 59.7 Å². The summed E-state index contributed by atoms with van der Waals surface area (Å²) in [5.41, 5.74) is 3.66. The van der Waals surface area contributed by atoms with Crippen LogP contribution >= 0.6 is 0 Å². The van der Waals surface area contributed by atoms with Crippen LogP contribution < -0.4 is 5.32 Å². The van der Waals surface area contributed by atoms with Crippen LogP contribution in [0.15, 0.2) is 18.5 Å². The van der Waals surface area contributed by atoms with Crippen LogP contribution in [-0.2, 0) is 24.2 Å². The Bertz CT molecular complexity index is 836. The van der Waals surface area contributed by atoms with Crippen LogP contribution in [0.25, 0.3) is 0 Å². The van der Waals surface area contributed by atoms with Gasteiger partial charge in [-0.2, -0.15) is 10.4 Å². The molecule has 0 spiro atoms. The van der Waals surface area contributed by atoms with Gasteiger partial charge in [0, 0.05) is 37.5 Å². The van der Waals surface area contributed by atoms with Gasteiger partial charge in [0.25, 0.3) is 5.91 Å². The number of nitrogens with zero attached hydrogens (tertiary/aromatic N) is 4. The van der Waals surface area contributed by atoms with Crippen LogP contribution in [0.2, 0.25) is 0 Å². The number of ether oxygens (including phenoxy) is 1. The molecule has 0 fully saturated rings. The fourth-order valence-corrected chi connectivity index (χ4v) is 3.25. The summed E-state index contributed by atoms with van der Waals surface area (Å²) in [6.07, 6.45) is 3.78. The van der Waals surface area contributed by atoms with E-state index in [0.717, 1.165) is 16.8 Å². The van der Waals surface area contributed by atoms with Crippen molar-refractivity contribution in [3.63, 3.8) is 0 Å². The molecule has 0 saturated carbocycles. The van der Waals surface area contributed by atoms with Crippen LogP contribution in [-0.4, -0.2) is 26.8 Å². The SMILES string of the molecule is CCn1nc(C(=O)NCc2cncc(C#N)c2)c2c1[C@H](C)O[C@H](C)C2. The molecule has 0 aromatic carbocycles. The van der Waals surface area contributed by atoms with Crippen molar-refractivity contribution in [1.29, 1.82) is 5.26 Å². The molecule has 130 valence electrons. The lowest BCUT2D eigenvalue weighted by Crippen LogP contribution is -2.27. The highest BCUT2D eigenvalue weighted by Crippen LogP contribution is 2.32. The summed E-state index contributed by atoms with van der Waals surface area (Å²) in [6.45, 7) is 6.98. The third kappa shape index (κ3) is 3.39. The number of fused-ring (bicyclic) bond motifs is 1. The van der Waals surface area contributed by atoms with Crippen molar-refractivity contribution in [3.8, 4) is 6.07 Å². The van der Waals surface area contributed by atoms with Crippen LogP contribution in [0.3, 0.4) is 0 Å². The summed E-state index contributed by atoms with van der Waals surface area (Å²) < 4.78 is 7.72. The molecule has 0 unspecified atom stereocenters. The molecular weight excluding hydrogens is 318 g/mol. The first-order valence-electron chi connectivity index (χ1n) is 8.40. The standard InChI is InChI=1S/C18H21N5O2/c1-4-23-17-12(3)25-11(2)5-15(17)16(22-23)18(24)21-10-14-6-13(7-19)8-20-9-14/h6,8-9,11-12H,4-5,10H2,1-3H3,(H,21,24)/t11-,12+/m1/s1. The van der Waals surface area contributed by atoms with E-state index < -0.39 is 0 Å². The van der Waals surface area contributed by atoms with Gasteiger partial charge >= 0.3 is 0 Å². The number of nitrogens with one attached hydrogen (secondary N) is 1. The lowest BCUT2D eigenvalue weighted by Gasteiger charge is -2.26. The molecule has 1 aliphatic rings. The van der Waals surface area contributed by atoms with Crippen LogP contribution in [0.4, 0.5) is 0 Å². The maximum absolute atomic E-state index is 12.7. The van der Waals surface area contributed by atoms with Gasteiger partial charge < -0.3 is 10.1 Å². The fraction of sp³-hybridized carbons (Fsp3) is 0.444. The highest BCUT2D eigenvalue weighted by atomic mass is 16.5. The van der Waals surface area contributed by atoms with Gasteiger partial charge in [-0.3, -0.25) is 14.5 Å². The average Bonchev–Trinajstić information content (AvgIpc) is 2.98. The van der Waals surface area contributed by atoms with Crippen LogP contribution in [0, 0.1) is 11.3 Å². The van der Waals surface area contributed by atoms with Crippen molar-refractivity contribution >= 4 is 5.91 Å². The molecule has 7 nitrogen and oxygen atoms in total. The molecule has 0 radical (unpaired) electrons. The maximum atomic E-state index is 12.7.